The minimum Gasteiger partial charge on any atom is -0.447 e. The molecule has 2 aromatic carbocycles. The van der Waals surface area contributed by atoms with Crippen molar-refractivity contribution in [2.24, 2.45) is 10.7 Å². The molecule has 0 radical (unpaired) electrons. The fourth-order valence-corrected chi connectivity index (χ4v) is 4.88. The molecule has 2 amide bonds. The monoisotopic (exact) mass is 677 g/mol. The van der Waals surface area contributed by atoms with Crippen molar-refractivity contribution >= 4 is 29.6 Å². The number of carbonyl (C=O) groups excluding carboxylic acids is 2. The largest absolute Gasteiger partial charge is 0.447 e. The van der Waals surface area contributed by atoms with Gasteiger partial charge in [0.25, 0.3) is 12.3 Å². The zero-order valence-corrected chi connectivity index (χ0v) is 25.1. The van der Waals surface area contributed by atoms with Gasteiger partial charge in [-0.15, -0.1) is 0 Å². The molecule has 18 heteroatoms. The van der Waals surface area contributed by atoms with E-state index in [-0.39, 0.29) is 40.6 Å². The van der Waals surface area contributed by atoms with Crippen LogP contribution in [0.1, 0.15) is 47.1 Å². The molecular weight excluding hydrogens is 653 g/mol. The standard InChI is InChI=1S/C29H25ClF5N9O3/c1-37-26(36)43(25(45)17-4-2-16(3-5-17)20-13-38-10-11-39-20)22(14-47-27(46)42-28(8-9-28)29(33,34)35)18-6-7-19(30)21(12-18)44-24(23(31)32)40-15-41-44/h2-7,10-13,15,22-23H,8-9,14H2,1H3,(H2,36,37)(H,42,46)/t22-/m1/s1. The summed E-state index contributed by atoms with van der Waals surface area (Å²) in [6.07, 6.45) is -4.38. The van der Waals surface area contributed by atoms with E-state index in [1.165, 1.54) is 56.0 Å². The van der Waals surface area contributed by atoms with Gasteiger partial charge in [0.1, 0.15) is 18.5 Å². The fourth-order valence-electron chi connectivity index (χ4n) is 4.68. The first-order chi connectivity index (χ1) is 22.3. The lowest BCUT2D eigenvalue weighted by Gasteiger charge is -2.31. The third kappa shape index (κ3) is 6.98. The molecule has 2 heterocycles. The van der Waals surface area contributed by atoms with Crippen molar-refractivity contribution in [1.29, 1.82) is 0 Å². The summed E-state index contributed by atoms with van der Waals surface area (Å²) in [6, 6.07) is 8.81. The summed E-state index contributed by atoms with van der Waals surface area (Å²) in [5.74, 6) is -1.84. The third-order valence-corrected chi connectivity index (χ3v) is 7.68. The number of amides is 2. The number of aromatic nitrogens is 5. The second-order valence-corrected chi connectivity index (χ2v) is 10.7. The number of alkyl carbamates (subject to hydrolysis) is 1. The number of nitrogens with two attached hydrogens (primary N) is 1. The number of alkyl halides is 5. The molecule has 0 unspecified atom stereocenters. The number of carbonyl (C=O) groups is 2. The molecule has 246 valence electrons. The predicted molar refractivity (Wildman–Crippen MR) is 158 cm³/mol. The number of nitrogens with zero attached hydrogens (tertiary/aromatic N) is 7. The van der Waals surface area contributed by atoms with Crippen LogP contribution in [0.25, 0.3) is 16.9 Å². The second-order valence-electron chi connectivity index (χ2n) is 10.3. The molecule has 47 heavy (non-hydrogen) atoms. The summed E-state index contributed by atoms with van der Waals surface area (Å²) in [4.78, 5) is 43.4. The number of hydrogen-bond acceptors (Lipinski definition) is 8. The lowest BCUT2D eigenvalue weighted by atomic mass is 10.0. The van der Waals surface area contributed by atoms with Crippen LogP contribution in [0.5, 0.6) is 0 Å². The zero-order valence-electron chi connectivity index (χ0n) is 24.3. The lowest BCUT2D eigenvalue weighted by molar-refractivity contribution is -0.164. The van der Waals surface area contributed by atoms with Gasteiger partial charge in [-0.05, 0) is 42.7 Å². The van der Waals surface area contributed by atoms with Gasteiger partial charge >= 0.3 is 12.3 Å². The van der Waals surface area contributed by atoms with E-state index in [0.717, 1.165) is 15.9 Å². The topological polar surface area (TPSA) is 154 Å². The number of halogens is 6. The number of guanidine groups is 1. The van der Waals surface area contributed by atoms with E-state index in [0.29, 0.717) is 11.3 Å². The molecule has 1 fully saturated rings. The molecule has 0 spiro atoms. The minimum atomic E-state index is -4.71. The van der Waals surface area contributed by atoms with Crippen LogP contribution in [0.2, 0.25) is 5.02 Å². The van der Waals surface area contributed by atoms with Crippen LogP contribution >= 0.6 is 11.6 Å². The summed E-state index contributed by atoms with van der Waals surface area (Å²) in [7, 11) is 1.29. The van der Waals surface area contributed by atoms with Crippen molar-refractivity contribution in [3.63, 3.8) is 0 Å². The van der Waals surface area contributed by atoms with Gasteiger partial charge in [-0.2, -0.15) is 18.3 Å². The van der Waals surface area contributed by atoms with Crippen LogP contribution in [-0.4, -0.2) is 73.0 Å². The first-order valence-electron chi connectivity index (χ1n) is 13.8. The molecule has 1 aliphatic carbocycles. The molecule has 2 aromatic heterocycles. The highest BCUT2D eigenvalue weighted by Gasteiger charge is 2.64. The number of hydrogen-bond donors (Lipinski definition) is 2. The highest BCUT2D eigenvalue weighted by Crippen LogP contribution is 2.49. The van der Waals surface area contributed by atoms with Gasteiger partial charge in [-0.25, -0.2) is 23.2 Å². The summed E-state index contributed by atoms with van der Waals surface area (Å²) >= 11 is 6.34. The van der Waals surface area contributed by atoms with Crippen LogP contribution < -0.4 is 11.1 Å². The van der Waals surface area contributed by atoms with Crippen molar-refractivity contribution in [2.75, 3.05) is 13.7 Å². The van der Waals surface area contributed by atoms with E-state index in [9.17, 15) is 31.5 Å². The molecule has 0 aliphatic heterocycles. The number of rotatable bonds is 9. The summed E-state index contributed by atoms with van der Waals surface area (Å²) in [5, 5.41) is 5.65. The molecule has 0 bridgehead atoms. The van der Waals surface area contributed by atoms with E-state index >= 15 is 0 Å². The zero-order chi connectivity index (χ0) is 33.9. The van der Waals surface area contributed by atoms with Gasteiger partial charge in [0.15, 0.2) is 11.8 Å². The van der Waals surface area contributed by atoms with Gasteiger partial charge < -0.3 is 15.8 Å². The second kappa shape index (κ2) is 13.3. The van der Waals surface area contributed by atoms with E-state index in [1.54, 1.807) is 12.1 Å². The molecule has 12 nitrogen and oxygen atoms in total. The smallest absolute Gasteiger partial charge is 0.411 e. The van der Waals surface area contributed by atoms with Crippen LogP contribution in [0, 0.1) is 0 Å². The first-order valence-corrected chi connectivity index (χ1v) is 14.1. The van der Waals surface area contributed by atoms with Crippen molar-refractivity contribution < 1.29 is 36.3 Å². The Kier molecular flexibility index (Phi) is 9.37. The molecule has 5 rings (SSSR count). The molecule has 0 saturated heterocycles. The maximum absolute atomic E-state index is 14.0. The average Bonchev–Trinajstić information content (AvgIpc) is 3.68. The first kappa shape index (κ1) is 33.2. The van der Waals surface area contributed by atoms with Gasteiger partial charge in [0.05, 0.1) is 28.6 Å². The van der Waals surface area contributed by atoms with Gasteiger partial charge in [0.2, 0.25) is 0 Å². The Morgan fingerprint density at radius 1 is 1.15 bits per heavy atom. The molecule has 1 saturated carbocycles. The van der Waals surface area contributed by atoms with Crippen molar-refractivity contribution in [2.45, 2.75) is 37.0 Å². The molecule has 1 atom stereocenters. The Morgan fingerprint density at radius 2 is 1.87 bits per heavy atom. The van der Waals surface area contributed by atoms with Crippen molar-refractivity contribution in [3.8, 4) is 16.9 Å². The Hall–Kier alpha value is -5.19. The van der Waals surface area contributed by atoms with Crippen molar-refractivity contribution in [1.82, 2.24) is 34.9 Å². The van der Waals surface area contributed by atoms with Gasteiger partial charge in [-0.1, -0.05) is 29.8 Å². The number of aliphatic imine (C=N–C) groups is 1. The number of benzene rings is 2. The average molecular weight is 678 g/mol. The van der Waals surface area contributed by atoms with E-state index < -0.39 is 48.6 Å². The van der Waals surface area contributed by atoms with Crippen LogP contribution in [-0.2, 0) is 4.74 Å². The van der Waals surface area contributed by atoms with Gasteiger partial charge in [0, 0.05) is 30.6 Å². The number of ether oxygens (including phenoxy) is 1. The third-order valence-electron chi connectivity index (χ3n) is 7.36. The van der Waals surface area contributed by atoms with E-state index in [1.807, 2.05) is 5.32 Å². The fraction of sp³-hybridized carbons (Fsp3) is 0.276. The SMILES string of the molecule is CN=C(N)N(C(=O)c1ccc(-c2cnccn2)cc1)[C@H](COC(=O)NC1(C(F)(F)F)CC1)c1ccc(Cl)c(-n2ncnc2C(F)F)c1. The lowest BCUT2D eigenvalue weighted by Crippen LogP contribution is -2.49. The number of nitrogens with one attached hydrogen (secondary N) is 1. The molecular formula is C29H25ClF5N9O3. The molecule has 1 aliphatic rings. The normalized spacial score (nSPS) is 14.9. The predicted octanol–water partition coefficient (Wildman–Crippen LogP) is 5.26. The Bertz CT molecular complexity index is 1780. The molecule has 4 aromatic rings. The van der Waals surface area contributed by atoms with E-state index in [4.69, 9.17) is 22.1 Å². The summed E-state index contributed by atoms with van der Waals surface area (Å²) < 4.78 is 73.9. The Morgan fingerprint density at radius 3 is 2.47 bits per heavy atom. The maximum Gasteiger partial charge on any atom is 0.411 e. The highest BCUT2D eigenvalue weighted by atomic mass is 35.5. The molecule has 3 N–H and O–H groups in total. The van der Waals surface area contributed by atoms with Gasteiger partial charge in [-0.3, -0.25) is 24.7 Å². The van der Waals surface area contributed by atoms with Crippen molar-refractivity contribution in [3.05, 3.63) is 89.4 Å². The highest BCUT2D eigenvalue weighted by molar-refractivity contribution is 6.32. The van der Waals surface area contributed by atoms with Crippen LogP contribution in [0.15, 0.2) is 72.4 Å². The van der Waals surface area contributed by atoms with Crippen LogP contribution in [0.3, 0.4) is 0 Å². The summed E-state index contributed by atoms with van der Waals surface area (Å²) in [6.45, 7) is -0.737. The maximum atomic E-state index is 14.0. The quantitative estimate of drug-likeness (QED) is 0.138. The Labute approximate surface area is 268 Å². The minimum absolute atomic E-state index is 0.0333. The van der Waals surface area contributed by atoms with Crippen LogP contribution in [0.4, 0.5) is 26.7 Å². The van der Waals surface area contributed by atoms with E-state index in [2.05, 4.69) is 25.0 Å². The summed E-state index contributed by atoms with van der Waals surface area (Å²) in [5.41, 5.74) is 5.09. The Balaban J connectivity index is 1.53.